The van der Waals surface area contributed by atoms with Crippen molar-refractivity contribution in [1.29, 1.82) is 0 Å². The van der Waals surface area contributed by atoms with Crippen LogP contribution in [0, 0.1) is 18.9 Å². The minimum absolute atomic E-state index is 0. The van der Waals surface area contributed by atoms with Crippen LogP contribution in [0.2, 0.25) is 0 Å². The molecule has 0 atom stereocenters. The third kappa shape index (κ3) is 11.1. The van der Waals surface area contributed by atoms with Crippen LogP contribution in [-0.4, -0.2) is 0 Å². The number of hydrogen-bond acceptors (Lipinski definition) is 0. The number of hydrogen-bond donors (Lipinski definition) is 0. The molecule has 5 aromatic carbocycles. The summed E-state index contributed by atoms with van der Waals surface area (Å²) < 4.78 is 0. The van der Waals surface area contributed by atoms with Gasteiger partial charge >= 0.3 is 25.8 Å². The van der Waals surface area contributed by atoms with Gasteiger partial charge in [-0.3, -0.25) is 6.58 Å². The maximum Gasteiger partial charge on any atom is 4.00 e. The Morgan fingerprint density at radius 1 is 0.767 bits per heavy atom. The predicted octanol–water partition coefficient (Wildman–Crippen LogP) is 12.5. The molecule has 1 aliphatic rings. The Kier molecular flexibility index (Phi) is 14.0. The average molecular weight is 735 g/mol. The Bertz CT molecular complexity index is 1410. The molecule has 1 aliphatic carbocycles. The second-order valence-corrected chi connectivity index (χ2v) is 13.9. The number of allylic oxidation sites excluding steroid dienone is 1. The molecule has 0 bridgehead atoms. The molecule has 0 unspecified atom stereocenters. The van der Waals surface area contributed by atoms with Gasteiger partial charge in [0.2, 0.25) is 0 Å². The van der Waals surface area contributed by atoms with Gasteiger partial charge in [-0.05, 0) is 16.7 Å². The fourth-order valence-corrected chi connectivity index (χ4v) is 4.79. The first-order valence-corrected chi connectivity index (χ1v) is 15.5. The van der Waals surface area contributed by atoms with Crippen LogP contribution >= 0.6 is 0 Å². The van der Waals surface area contributed by atoms with Gasteiger partial charge < -0.3 is 6.08 Å². The summed E-state index contributed by atoms with van der Waals surface area (Å²) >= 11 is 0. The quantitative estimate of drug-likeness (QED) is 0.125. The molecule has 0 radical (unpaired) electrons. The Hall–Kier alpha value is -2.64. The van der Waals surface area contributed by atoms with Crippen molar-refractivity contribution in [2.75, 3.05) is 0 Å². The largest absolute Gasteiger partial charge is 4.00 e. The summed E-state index contributed by atoms with van der Waals surface area (Å²) in [7, 11) is 0. The molecule has 224 valence electrons. The Morgan fingerprint density at radius 2 is 1.23 bits per heavy atom. The molecular weight excluding hydrogens is 683 g/mol. The van der Waals surface area contributed by atoms with E-state index in [0.717, 1.165) is 11.5 Å². The van der Waals surface area contributed by atoms with Gasteiger partial charge in [0.05, 0.1) is 0 Å². The van der Waals surface area contributed by atoms with Crippen molar-refractivity contribution in [3.63, 3.8) is 0 Å². The van der Waals surface area contributed by atoms with E-state index < -0.39 is 0 Å². The van der Waals surface area contributed by atoms with Crippen molar-refractivity contribution in [1.82, 2.24) is 0 Å². The number of rotatable bonds is 2. The zero-order valence-corrected chi connectivity index (χ0v) is 31.5. The summed E-state index contributed by atoms with van der Waals surface area (Å²) in [4.78, 5) is 0. The maximum absolute atomic E-state index is 3.82. The average Bonchev–Trinajstić information content (AvgIpc) is 3.59. The minimum atomic E-state index is 0. The van der Waals surface area contributed by atoms with Gasteiger partial charge in [-0.25, -0.2) is 12.1 Å². The molecule has 0 aliphatic heterocycles. The van der Waals surface area contributed by atoms with Crippen molar-refractivity contribution in [3.8, 4) is 0 Å². The molecule has 0 spiro atoms. The van der Waals surface area contributed by atoms with Gasteiger partial charge in [0.15, 0.2) is 0 Å². The molecule has 6 rings (SSSR count). The second-order valence-electron chi connectivity index (χ2n) is 13.9. The van der Waals surface area contributed by atoms with Gasteiger partial charge in [0.25, 0.3) is 0 Å². The molecule has 0 heterocycles. The maximum atomic E-state index is 3.82. The smallest absolute Gasteiger partial charge is 0.501 e. The van der Waals surface area contributed by atoms with Crippen LogP contribution in [-0.2, 0) is 36.7 Å². The van der Waals surface area contributed by atoms with Crippen molar-refractivity contribution in [3.05, 3.63) is 139 Å². The van der Waals surface area contributed by atoms with E-state index in [9.17, 15) is 0 Å². The molecule has 0 nitrogen and oxygen atoms in total. The molecule has 0 aromatic heterocycles. The van der Waals surface area contributed by atoms with Crippen LogP contribution in [0.15, 0.2) is 104 Å². The van der Waals surface area contributed by atoms with Gasteiger partial charge in [0.1, 0.15) is 0 Å². The van der Waals surface area contributed by atoms with Gasteiger partial charge in [-0.1, -0.05) is 116 Å². The fraction of sp³-hybridized carbons (Fsp3) is 0.357. The van der Waals surface area contributed by atoms with Crippen molar-refractivity contribution < 1.29 is 25.8 Å². The summed E-state index contributed by atoms with van der Waals surface area (Å²) in [5, 5.41) is 5.48. The van der Waals surface area contributed by atoms with Crippen LogP contribution in [0.5, 0.6) is 0 Å². The first-order chi connectivity index (χ1) is 19.8. The van der Waals surface area contributed by atoms with E-state index in [0.29, 0.717) is 5.92 Å². The Balaban J connectivity index is 0.000000241. The van der Waals surface area contributed by atoms with Crippen LogP contribution in [0.4, 0.5) is 0 Å². The van der Waals surface area contributed by atoms with E-state index in [1.54, 1.807) is 0 Å². The molecule has 43 heavy (non-hydrogen) atoms. The van der Waals surface area contributed by atoms with E-state index in [4.69, 9.17) is 0 Å². The normalized spacial score (nSPS) is 13.0. The molecule has 5 aromatic rings. The summed E-state index contributed by atoms with van der Waals surface area (Å²) in [6, 6.07) is 34.5. The van der Waals surface area contributed by atoms with E-state index in [2.05, 4.69) is 142 Å². The number of benzene rings is 3. The van der Waals surface area contributed by atoms with E-state index in [-0.39, 0.29) is 36.7 Å². The monoisotopic (exact) mass is 736 g/mol. The molecule has 0 N–H and O–H groups in total. The van der Waals surface area contributed by atoms with Gasteiger partial charge in [-0.15, -0.1) is 51.9 Å². The van der Waals surface area contributed by atoms with Crippen molar-refractivity contribution in [2.45, 2.75) is 91.4 Å². The Labute approximate surface area is 282 Å². The van der Waals surface area contributed by atoms with Crippen molar-refractivity contribution >= 4 is 21.5 Å². The van der Waals surface area contributed by atoms with E-state index >= 15 is 0 Å². The molecule has 0 saturated heterocycles. The Morgan fingerprint density at radius 3 is 1.51 bits per heavy atom. The van der Waals surface area contributed by atoms with E-state index in [1.165, 1.54) is 57.5 Å². The second kappa shape index (κ2) is 16.4. The first-order valence-electron chi connectivity index (χ1n) is 15.5. The standard InChI is InChI=1S/C21H25.C10H13.C6H9.C5H5.Hf/c1-20(2,3)16-7-9-18-14(12-16)11-15-13-17(21(4,5)6)8-10-19(15)18;1-8(2)10-6-4-9(3)5-7-10;1-2-6-4-3-5-6;1-2-4-5-3-1;/h7-13H,1-6H3;4-8H,3H2,1-2H3;6H,1,3-5H2;1-5H;/q4*-1;+4. The van der Waals surface area contributed by atoms with Gasteiger partial charge in [0, 0.05) is 0 Å². The molecule has 1 fully saturated rings. The topological polar surface area (TPSA) is 0 Å². The first kappa shape index (κ1) is 36.6. The molecular formula is C42H52Hf. The minimum Gasteiger partial charge on any atom is -0.501 e. The zero-order valence-electron chi connectivity index (χ0n) is 27.9. The van der Waals surface area contributed by atoms with E-state index in [1.807, 2.05) is 30.3 Å². The molecule has 1 heteroatoms. The summed E-state index contributed by atoms with van der Waals surface area (Å²) in [6.45, 7) is 25.4. The predicted molar refractivity (Wildman–Crippen MR) is 188 cm³/mol. The zero-order chi connectivity index (χ0) is 30.9. The summed E-state index contributed by atoms with van der Waals surface area (Å²) in [6.07, 6.45) is 7.02. The molecule has 0 amide bonds. The van der Waals surface area contributed by atoms with Gasteiger partial charge in [-0.2, -0.15) is 48.7 Å². The van der Waals surface area contributed by atoms with Crippen LogP contribution in [0.3, 0.4) is 0 Å². The van der Waals surface area contributed by atoms with Crippen LogP contribution in [0.1, 0.15) is 103 Å². The third-order valence-electron chi connectivity index (χ3n) is 8.03. The van der Waals surface area contributed by atoms with Crippen LogP contribution < -0.4 is 0 Å². The number of fused-ring (bicyclic) bond motifs is 3. The SMILES string of the molecule is C=[C-]C1CCC1.CC(C)(C)c1ccc2c(c1)[cH-]c1cc(C(C)(C)C)ccc12.[CH2-]c1ccc(C(C)C)cc1.[Hf+4].c1cc[cH-]c1. The fourth-order valence-electron chi connectivity index (χ4n) is 4.79. The summed E-state index contributed by atoms with van der Waals surface area (Å²) in [5.41, 5.74) is 5.68. The summed E-state index contributed by atoms with van der Waals surface area (Å²) in [5.74, 6) is 1.38. The van der Waals surface area contributed by atoms with Crippen molar-refractivity contribution in [2.24, 2.45) is 5.92 Å². The molecule has 1 saturated carbocycles. The van der Waals surface area contributed by atoms with Crippen LogP contribution in [0.25, 0.3) is 21.5 Å². The third-order valence-corrected chi connectivity index (χ3v) is 8.03.